The third-order valence-corrected chi connectivity index (χ3v) is 6.23. The van der Waals surface area contributed by atoms with E-state index in [2.05, 4.69) is 73.3 Å². The minimum absolute atomic E-state index is 0.158. The maximum absolute atomic E-state index is 13.0. The number of nitrogens with zero attached hydrogens (tertiary/aromatic N) is 5. The smallest absolute Gasteiger partial charge is 0.304 e. The molecule has 2 aromatic rings. The average molecular weight is 468 g/mol. The van der Waals surface area contributed by atoms with Crippen LogP contribution in [0.5, 0.6) is 0 Å². The molecule has 0 saturated heterocycles. The maximum atomic E-state index is 13.0. The van der Waals surface area contributed by atoms with Gasteiger partial charge in [0, 0.05) is 13.1 Å². The summed E-state index contributed by atoms with van der Waals surface area (Å²) in [6, 6.07) is 3.36. The number of rotatable bonds is 7. The van der Waals surface area contributed by atoms with Gasteiger partial charge in [-0.25, -0.2) is 4.98 Å². The highest BCUT2D eigenvalue weighted by Crippen LogP contribution is 2.23. The Morgan fingerprint density at radius 3 is 2.33 bits per heavy atom. The molecule has 2 aromatic heterocycles. The zero-order chi connectivity index (χ0) is 22.7. The minimum Gasteiger partial charge on any atom is -0.361 e. The molecular formula is C20H30ClN5O2SSi. The SMILES string of the molecule is CC(C)CN(C=NS(=O)(=O)c1c(Cl)nc2ccc(C#C[Si](C)(C)C)nn12)CC(C)C. The molecule has 0 aliphatic carbocycles. The van der Waals surface area contributed by atoms with Crippen molar-refractivity contribution in [2.45, 2.75) is 52.4 Å². The molecule has 0 radical (unpaired) electrons. The van der Waals surface area contributed by atoms with Gasteiger partial charge < -0.3 is 4.90 Å². The first kappa shape index (κ1) is 24.4. The highest BCUT2D eigenvalue weighted by molar-refractivity contribution is 7.90. The fraction of sp³-hybridized carbons (Fsp3) is 0.550. The molecule has 0 aromatic carbocycles. The second-order valence-electron chi connectivity index (χ2n) is 9.13. The van der Waals surface area contributed by atoms with Gasteiger partial charge in [0.1, 0.15) is 20.1 Å². The van der Waals surface area contributed by atoms with Crippen LogP contribution in [0.3, 0.4) is 0 Å². The largest absolute Gasteiger partial charge is 0.361 e. The van der Waals surface area contributed by atoms with E-state index in [1.807, 2.05) is 4.90 Å². The highest BCUT2D eigenvalue weighted by Gasteiger charge is 2.25. The molecule has 7 nitrogen and oxygen atoms in total. The lowest BCUT2D eigenvalue weighted by Crippen LogP contribution is -2.30. The van der Waals surface area contributed by atoms with Crippen molar-refractivity contribution in [1.82, 2.24) is 19.5 Å². The van der Waals surface area contributed by atoms with Crippen LogP contribution in [0, 0.1) is 23.3 Å². The number of fused-ring (bicyclic) bond motifs is 1. The van der Waals surface area contributed by atoms with E-state index in [-0.39, 0.29) is 10.2 Å². The molecule has 2 heterocycles. The van der Waals surface area contributed by atoms with Crippen molar-refractivity contribution in [3.8, 4) is 11.5 Å². The fourth-order valence-electron chi connectivity index (χ4n) is 2.71. The Labute approximate surface area is 185 Å². The molecule has 2 rings (SSSR count). The van der Waals surface area contributed by atoms with E-state index in [4.69, 9.17) is 11.6 Å². The van der Waals surface area contributed by atoms with Crippen LogP contribution in [-0.2, 0) is 10.0 Å². The summed E-state index contributed by atoms with van der Waals surface area (Å²) in [7, 11) is -5.71. The van der Waals surface area contributed by atoms with Crippen LogP contribution in [0.2, 0.25) is 24.8 Å². The van der Waals surface area contributed by atoms with Crippen LogP contribution in [0.15, 0.2) is 21.6 Å². The van der Waals surface area contributed by atoms with Crippen LogP contribution < -0.4 is 0 Å². The van der Waals surface area contributed by atoms with Gasteiger partial charge in [-0.3, -0.25) is 0 Å². The van der Waals surface area contributed by atoms with Gasteiger partial charge in [0.15, 0.2) is 10.8 Å². The molecule has 10 heteroatoms. The van der Waals surface area contributed by atoms with Crippen LogP contribution in [0.1, 0.15) is 33.4 Å². The van der Waals surface area contributed by atoms with E-state index in [1.165, 1.54) is 10.9 Å². The molecule has 0 saturated carbocycles. The number of halogens is 1. The summed E-state index contributed by atoms with van der Waals surface area (Å²) in [4.78, 5) is 6.02. The lowest BCUT2D eigenvalue weighted by atomic mass is 10.1. The summed E-state index contributed by atoms with van der Waals surface area (Å²) in [6.45, 7) is 16.1. The Morgan fingerprint density at radius 2 is 1.80 bits per heavy atom. The van der Waals surface area contributed by atoms with Gasteiger partial charge in [-0.2, -0.15) is 18.0 Å². The van der Waals surface area contributed by atoms with Crippen molar-refractivity contribution in [2.75, 3.05) is 13.1 Å². The number of hydrogen-bond donors (Lipinski definition) is 0. The van der Waals surface area contributed by atoms with Gasteiger partial charge in [0.2, 0.25) is 5.03 Å². The normalized spacial score (nSPS) is 12.7. The van der Waals surface area contributed by atoms with Crippen molar-refractivity contribution in [3.63, 3.8) is 0 Å². The predicted octanol–water partition coefficient (Wildman–Crippen LogP) is 3.94. The Bertz CT molecular complexity index is 1080. The highest BCUT2D eigenvalue weighted by atomic mass is 35.5. The molecular weight excluding hydrogens is 438 g/mol. The van der Waals surface area contributed by atoms with Gasteiger partial charge in [-0.1, -0.05) is 64.9 Å². The van der Waals surface area contributed by atoms with Gasteiger partial charge in [0.05, 0.1) is 0 Å². The van der Waals surface area contributed by atoms with Crippen LogP contribution >= 0.6 is 11.6 Å². The predicted molar refractivity (Wildman–Crippen MR) is 125 cm³/mol. The molecule has 0 unspecified atom stereocenters. The molecule has 0 atom stereocenters. The molecule has 0 amide bonds. The van der Waals surface area contributed by atoms with Crippen molar-refractivity contribution in [3.05, 3.63) is 23.0 Å². The lowest BCUT2D eigenvalue weighted by molar-refractivity contribution is 0.336. The monoisotopic (exact) mass is 467 g/mol. The number of sulfonamides is 1. The molecule has 0 fully saturated rings. The summed E-state index contributed by atoms with van der Waals surface area (Å²) in [5.74, 6) is 3.76. The van der Waals surface area contributed by atoms with Gasteiger partial charge in [-0.15, -0.1) is 9.94 Å². The summed E-state index contributed by atoms with van der Waals surface area (Å²) in [6.07, 6.45) is 1.37. The molecule has 0 bridgehead atoms. The maximum Gasteiger partial charge on any atom is 0.304 e. The van der Waals surface area contributed by atoms with Crippen molar-refractivity contribution < 1.29 is 8.42 Å². The molecule has 0 N–H and O–H groups in total. The zero-order valence-electron chi connectivity index (χ0n) is 18.6. The van der Waals surface area contributed by atoms with Crippen LogP contribution in [-0.4, -0.2) is 55.4 Å². The number of hydrogen-bond acceptors (Lipinski definition) is 4. The van der Waals surface area contributed by atoms with Gasteiger partial charge >= 0.3 is 10.0 Å². The molecule has 0 spiro atoms. The van der Waals surface area contributed by atoms with Crippen molar-refractivity contribution in [1.29, 1.82) is 0 Å². The first-order valence-corrected chi connectivity index (χ1v) is 15.2. The van der Waals surface area contributed by atoms with Crippen molar-refractivity contribution in [2.24, 2.45) is 16.2 Å². The second-order valence-corrected chi connectivity index (χ2v) is 15.8. The van der Waals surface area contributed by atoms with E-state index in [1.54, 1.807) is 12.1 Å². The van der Waals surface area contributed by atoms with E-state index in [9.17, 15) is 8.42 Å². The first-order valence-electron chi connectivity index (χ1n) is 9.91. The van der Waals surface area contributed by atoms with E-state index >= 15 is 0 Å². The second kappa shape index (κ2) is 9.50. The standard InChI is InChI=1S/C20H30ClN5O2SSi/c1-15(2)12-25(13-16(3)4)14-22-29(27,28)20-19(21)23-18-9-8-17(24-26(18)20)10-11-30(5,6)7/h8-9,14-16H,12-13H2,1-7H3. The van der Waals surface area contributed by atoms with Crippen LogP contribution in [0.4, 0.5) is 0 Å². The molecule has 164 valence electrons. The van der Waals surface area contributed by atoms with Crippen LogP contribution in [0.25, 0.3) is 5.65 Å². The molecule has 0 aliphatic heterocycles. The topological polar surface area (TPSA) is 79.9 Å². The first-order chi connectivity index (χ1) is 13.8. The van der Waals surface area contributed by atoms with E-state index < -0.39 is 18.1 Å². The fourth-order valence-corrected chi connectivity index (χ4v) is 4.64. The lowest BCUT2D eigenvalue weighted by Gasteiger charge is -2.23. The third-order valence-electron chi connectivity index (χ3n) is 3.76. The Balaban J connectivity index is 2.48. The van der Waals surface area contributed by atoms with Gasteiger partial charge in [0.25, 0.3) is 0 Å². The Hall–Kier alpha value is -1.89. The minimum atomic E-state index is -4.11. The zero-order valence-corrected chi connectivity index (χ0v) is 21.2. The Morgan fingerprint density at radius 1 is 1.20 bits per heavy atom. The summed E-state index contributed by atoms with van der Waals surface area (Å²) < 4.78 is 31.1. The van der Waals surface area contributed by atoms with E-state index in [0.717, 1.165) is 0 Å². The quantitative estimate of drug-likeness (QED) is 0.266. The number of imidazole rings is 1. The molecule has 0 aliphatic rings. The molecule has 30 heavy (non-hydrogen) atoms. The summed E-state index contributed by atoms with van der Waals surface area (Å²) >= 11 is 6.17. The van der Waals surface area contributed by atoms with E-state index in [0.29, 0.717) is 36.3 Å². The van der Waals surface area contributed by atoms with Crippen molar-refractivity contribution >= 4 is 41.7 Å². The summed E-state index contributed by atoms with van der Waals surface area (Å²) in [5, 5.41) is 3.93. The Kier molecular flexibility index (Phi) is 7.72. The summed E-state index contributed by atoms with van der Waals surface area (Å²) in [5.41, 5.74) is 4.00. The average Bonchev–Trinajstić information content (AvgIpc) is 2.92. The number of aromatic nitrogens is 3. The van der Waals surface area contributed by atoms with Gasteiger partial charge in [-0.05, 0) is 24.0 Å². The third kappa shape index (κ3) is 6.82.